The SMILES string of the molecule is CC12CCC(O)CC13C=CC1(C(C(=O)c4cc5ccccc5s4)=C3)C2CCC2(C)C1CCC2(O)CN(Cc1ccccc1)S(C)(=O)=O. The summed E-state index contributed by atoms with van der Waals surface area (Å²) in [4.78, 5) is 15.7. The van der Waals surface area contributed by atoms with Gasteiger partial charge in [-0.3, -0.25) is 4.79 Å². The second-order valence-corrected chi connectivity index (χ2v) is 18.9. The minimum absolute atomic E-state index is 0.0227. The van der Waals surface area contributed by atoms with E-state index in [9.17, 15) is 23.4 Å². The molecule has 1 aromatic heterocycles. The van der Waals surface area contributed by atoms with Gasteiger partial charge in [0.2, 0.25) is 10.0 Å². The number of aliphatic hydroxyl groups excluding tert-OH is 1. The van der Waals surface area contributed by atoms with Gasteiger partial charge in [0, 0.05) is 39.6 Å². The van der Waals surface area contributed by atoms with E-state index in [2.05, 4.69) is 44.2 Å². The molecular weight excluding hydrogens is 627 g/mol. The van der Waals surface area contributed by atoms with Crippen LogP contribution in [0.5, 0.6) is 0 Å². The van der Waals surface area contributed by atoms with Crippen LogP contribution in [-0.4, -0.2) is 53.2 Å². The third kappa shape index (κ3) is 4.37. The number of hydrogen-bond acceptors (Lipinski definition) is 6. The number of aliphatic hydroxyl groups is 2. The number of rotatable bonds is 7. The van der Waals surface area contributed by atoms with Crippen molar-refractivity contribution < 1.29 is 23.4 Å². The van der Waals surface area contributed by atoms with Crippen LogP contribution in [0.3, 0.4) is 0 Å². The molecule has 2 bridgehead atoms. The van der Waals surface area contributed by atoms with Crippen molar-refractivity contribution in [2.45, 2.75) is 77.0 Å². The summed E-state index contributed by atoms with van der Waals surface area (Å²) in [6.45, 7) is 4.77. The highest BCUT2D eigenvalue weighted by Crippen LogP contribution is 2.78. The molecule has 0 aliphatic heterocycles. The lowest BCUT2D eigenvalue weighted by molar-refractivity contribution is -0.173. The highest BCUT2D eigenvalue weighted by atomic mass is 32.2. The van der Waals surface area contributed by atoms with Gasteiger partial charge in [0.25, 0.3) is 0 Å². The molecule has 0 radical (unpaired) electrons. The zero-order valence-corrected chi connectivity index (χ0v) is 29.1. The van der Waals surface area contributed by atoms with E-state index in [-0.39, 0.29) is 36.1 Å². The van der Waals surface area contributed by atoms with E-state index in [4.69, 9.17) is 0 Å². The number of nitrogens with zero attached hydrogens (tertiary/aromatic N) is 1. The monoisotopic (exact) mass is 671 g/mol. The Morgan fingerprint density at radius 3 is 2.36 bits per heavy atom. The van der Waals surface area contributed by atoms with Crippen LogP contribution in [0.2, 0.25) is 0 Å². The van der Waals surface area contributed by atoms with Gasteiger partial charge in [-0.15, -0.1) is 11.3 Å². The lowest BCUT2D eigenvalue weighted by Gasteiger charge is -2.71. The maximum absolute atomic E-state index is 14.9. The summed E-state index contributed by atoms with van der Waals surface area (Å²) in [6, 6.07) is 19.7. The Kier molecular flexibility index (Phi) is 7.03. The summed E-state index contributed by atoms with van der Waals surface area (Å²) in [5.74, 6) is 0.199. The van der Waals surface area contributed by atoms with Crippen molar-refractivity contribution in [3.05, 3.63) is 94.9 Å². The molecule has 0 amide bonds. The van der Waals surface area contributed by atoms with Gasteiger partial charge in [-0.2, -0.15) is 4.31 Å². The fourth-order valence-electron chi connectivity index (χ4n) is 11.2. The number of carbonyl (C=O) groups is 1. The first-order valence-electron chi connectivity index (χ1n) is 17.1. The van der Waals surface area contributed by atoms with E-state index >= 15 is 0 Å². The molecule has 47 heavy (non-hydrogen) atoms. The highest BCUT2D eigenvalue weighted by Gasteiger charge is 2.74. The molecule has 6 aliphatic carbocycles. The largest absolute Gasteiger partial charge is 0.393 e. The van der Waals surface area contributed by atoms with Crippen molar-refractivity contribution in [2.75, 3.05) is 12.8 Å². The molecule has 3 saturated carbocycles. The first kappa shape index (κ1) is 31.6. The summed E-state index contributed by atoms with van der Waals surface area (Å²) in [7, 11) is -3.62. The number of hydrogen-bond donors (Lipinski definition) is 2. The van der Waals surface area contributed by atoms with Crippen LogP contribution in [0.4, 0.5) is 0 Å². The number of carbonyl (C=O) groups excluding carboxylic acids is 1. The molecule has 2 spiro atoms. The van der Waals surface area contributed by atoms with Crippen LogP contribution in [0.25, 0.3) is 10.1 Å². The van der Waals surface area contributed by atoms with Gasteiger partial charge >= 0.3 is 0 Å². The van der Waals surface area contributed by atoms with E-state index in [1.807, 2.05) is 48.5 Å². The van der Waals surface area contributed by atoms with Gasteiger partial charge in [-0.1, -0.05) is 80.6 Å². The number of thiophene rings is 1. The van der Waals surface area contributed by atoms with E-state index in [0.29, 0.717) is 19.3 Å². The predicted octanol–water partition coefficient (Wildman–Crippen LogP) is 7.14. The Balaban J connectivity index is 1.24. The minimum Gasteiger partial charge on any atom is -0.393 e. The second-order valence-electron chi connectivity index (χ2n) is 15.8. The Hall–Kier alpha value is -2.62. The van der Waals surface area contributed by atoms with E-state index in [1.165, 1.54) is 21.9 Å². The van der Waals surface area contributed by atoms with Crippen LogP contribution >= 0.6 is 11.3 Å². The number of Topliss-reactive ketones (excluding diaryl/α,β-unsaturated/α-hetero) is 1. The van der Waals surface area contributed by atoms with Crippen molar-refractivity contribution in [1.29, 1.82) is 0 Å². The van der Waals surface area contributed by atoms with E-state index in [0.717, 1.165) is 51.8 Å². The molecule has 2 aromatic carbocycles. The maximum Gasteiger partial charge on any atom is 0.211 e. The molecule has 8 heteroatoms. The zero-order chi connectivity index (χ0) is 33.0. The molecule has 3 fully saturated rings. The summed E-state index contributed by atoms with van der Waals surface area (Å²) in [6.07, 6.45) is 12.7. The van der Waals surface area contributed by atoms with Gasteiger partial charge < -0.3 is 10.2 Å². The van der Waals surface area contributed by atoms with Crippen molar-refractivity contribution >= 4 is 37.2 Å². The lowest BCUT2D eigenvalue weighted by Crippen LogP contribution is -2.67. The average molecular weight is 672 g/mol. The Bertz CT molecular complexity index is 1900. The summed E-state index contributed by atoms with van der Waals surface area (Å²) in [5.41, 5.74) is -1.27. The molecule has 1 heterocycles. The minimum atomic E-state index is -3.62. The lowest BCUT2D eigenvalue weighted by atomic mass is 9.32. The molecule has 2 N–H and O–H groups in total. The Morgan fingerprint density at radius 2 is 1.62 bits per heavy atom. The van der Waals surface area contributed by atoms with Crippen LogP contribution in [-0.2, 0) is 16.6 Å². The second kappa shape index (κ2) is 10.4. The zero-order valence-electron chi connectivity index (χ0n) is 27.5. The molecule has 0 saturated heterocycles. The quantitative estimate of drug-likeness (QED) is 0.206. The third-order valence-electron chi connectivity index (χ3n) is 13.7. The first-order valence-corrected chi connectivity index (χ1v) is 19.8. The van der Waals surface area contributed by atoms with E-state index in [1.54, 1.807) is 0 Å². The molecule has 6 aliphatic rings. The van der Waals surface area contributed by atoms with Gasteiger partial charge in [-0.05, 0) is 85.3 Å². The third-order valence-corrected chi connectivity index (χ3v) is 16.0. The van der Waals surface area contributed by atoms with Crippen LogP contribution in [0.15, 0.2) is 84.5 Å². The Morgan fingerprint density at radius 1 is 0.936 bits per heavy atom. The van der Waals surface area contributed by atoms with Crippen LogP contribution in [0.1, 0.15) is 74.0 Å². The molecule has 9 rings (SSSR count). The first-order chi connectivity index (χ1) is 22.2. The van der Waals surface area contributed by atoms with Crippen molar-refractivity contribution in [3.8, 4) is 0 Å². The average Bonchev–Trinajstić information content (AvgIpc) is 3.59. The summed E-state index contributed by atoms with van der Waals surface area (Å²) < 4.78 is 29.0. The van der Waals surface area contributed by atoms with Gasteiger partial charge in [0.05, 0.1) is 22.8 Å². The fraction of sp³-hybridized carbons (Fsp3) is 0.513. The molecule has 6 nitrogen and oxygen atoms in total. The fourth-order valence-corrected chi connectivity index (χ4v) is 13.0. The number of benzene rings is 2. The van der Waals surface area contributed by atoms with Crippen LogP contribution < -0.4 is 0 Å². The van der Waals surface area contributed by atoms with Crippen molar-refractivity contribution in [2.24, 2.45) is 33.5 Å². The van der Waals surface area contributed by atoms with Crippen molar-refractivity contribution in [1.82, 2.24) is 4.31 Å². The number of allylic oxidation sites excluding steroid dienone is 4. The smallest absolute Gasteiger partial charge is 0.211 e. The maximum atomic E-state index is 14.9. The van der Waals surface area contributed by atoms with Gasteiger partial charge in [0.15, 0.2) is 5.78 Å². The Labute approximate surface area is 282 Å². The van der Waals surface area contributed by atoms with Crippen LogP contribution in [0, 0.1) is 33.5 Å². The number of ketones is 1. The predicted molar refractivity (Wildman–Crippen MR) is 186 cm³/mol. The standard InChI is InChI=1S/C39H45NO5S2/c1-35-16-13-28(41)22-37(35)19-20-39(29(23-37)34(42)31-21-27-11-7-8-12-30(27)46-31)32(35)14-17-36(2)33(39)15-18-38(36,43)25-40(47(3,44)45)24-26-9-5-4-6-10-26/h4-12,19-21,23,28,32-33,41,43H,13-18,22,24-25H2,1-3H3. The number of fused-ring (bicyclic) bond motifs is 2. The van der Waals surface area contributed by atoms with E-state index < -0.39 is 38.0 Å². The molecule has 8 atom stereocenters. The summed E-state index contributed by atoms with van der Waals surface area (Å²) in [5, 5.41) is 24.8. The molecule has 8 unspecified atom stereocenters. The normalized spacial score (nSPS) is 39.0. The molecular formula is C39H45NO5S2. The van der Waals surface area contributed by atoms with Gasteiger partial charge in [-0.25, -0.2) is 8.42 Å². The summed E-state index contributed by atoms with van der Waals surface area (Å²) >= 11 is 1.54. The topological polar surface area (TPSA) is 94.9 Å². The molecule has 3 aromatic rings. The highest BCUT2D eigenvalue weighted by molar-refractivity contribution is 7.88. The number of sulfonamides is 1. The van der Waals surface area contributed by atoms with Gasteiger partial charge in [0.1, 0.15) is 0 Å². The molecule has 248 valence electrons. The van der Waals surface area contributed by atoms with Crippen molar-refractivity contribution in [3.63, 3.8) is 0 Å².